The van der Waals surface area contributed by atoms with Gasteiger partial charge >= 0.3 is 0 Å². The summed E-state index contributed by atoms with van der Waals surface area (Å²) in [6.07, 6.45) is -0.141. The maximum absolute atomic E-state index is 12.3. The molecule has 0 aromatic carbocycles. The van der Waals surface area contributed by atoms with Gasteiger partial charge in [0.15, 0.2) is 0 Å². The molecule has 2 rings (SSSR count). The van der Waals surface area contributed by atoms with Crippen molar-refractivity contribution in [1.82, 2.24) is 15.1 Å². The van der Waals surface area contributed by atoms with E-state index >= 15 is 0 Å². The molecular weight excluding hydrogens is 290 g/mol. The number of ether oxygens (including phenoxy) is 1. The van der Waals surface area contributed by atoms with Crippen LogP contribution < -0.4 is 5.32 Å². The number of nitrogens with zero attached hydrogens (tertiary/aromatic N) is 2. The fourth-order valence-corrected chi connectivity index (χ4v) is 2.73. The van der Waals surface area contributed by atoms with Gasteiger partial charge in [-0.1, -0.05) is 0 Å². The van der Waals surface area contributed by atoms with E-state index < -0.39 is 24.2 Å². The van der Waals surface area contributed by atoms with Gasteiger partial charge in [-0.15, -0.1) is 0 Å². The maximum atomic E-state index is 12.3. The molecule has 0 radical (unpaired) electrons. The number of rotatable bonds is 6. The standard InChI is InChI=1S/C14H23N3O5/c1-8-10(6-17(16-8)3-4-22-2)14(21)15-11-5-9(7-18)12(19)13(11)20/h6,9,11-13,18-20H,3-5,7H2,1-2H3,(H,15,21)/t9-,11-,12-,13+/m1/s1. The molecule has 4 atom stereocenters. The summed E-state index contributed by atoms with van der Waals surface area (Å²) in [6, 6.07) is -0.582. The van der Waals surface area contributed by atoms with Gasteiger partial charge < -0.3 is 25.4 Å². The molecular formula is C14H23N3O5. The molecule has 1 aromatic rings. The van der Waals surface area contributed by atoms with Crippen molar-refractivity contribution in [2.75, 3.05) is 20.3 Å². The van der Waals surface area contributed by atoms with Gasteiger partial charge in [0.2, 0.25) is 0 Å². The second-order valence-corrected chi connectivity index (χ2v) is 5.62. The second kappa shape index (κ2) is 7.19. The van der Waals surface area contributed by atoms with Gasteiger partial charge in [-0.2, -0.15) is 5.10 Å². The second-order valence-electron chi connectivity index (χ2n) is 5.62. The van der Waals surface area contributed by atoms with E-state index in [1.807, 2.05) is 0 Å². The predicted molar refractivity (Wildman–Crippen MR) is 77.3 cm³/mol. The van der Waals surface area contributed by atoms with Crippen LogP contribution in [0.15, 0.2) is 6.20 Å². The first-order valence-electron chi connectivity index (χ1n) is 7.28. The molecule has 8 heteroatoms. The Kier molecular flexibility index (Phi) is 5.52. The van der Waals surface area contributed by atoms with Gasteiger partial charge in [-0.25, -0.2) is 0 Å². The molecule has 4 N–H and O–H groups in total. The van der Waals surface area contributed by atoms with Crippen LogP contribution in [-0.4, -0.2) is 69.6 Å². The number of methoxy groups -OCH3 is 1. The number of hydrogen-bond donors (Lipinski definition) is 4. The average molecular weight is 313 g/mol. The minimum absolute atomic E-state index is 0.224. The lowest BCUT2D eigenvalue weighted by molar-refractivity contribution is 0.000134. The van der Waals surface area contributed by atoms with E-state index in [1.54, 1.807) is 24.9 Å². The van der Waals surface area contributed by atoms with E-state index in [2.05, 4.69) is 10.4 Å². The first-order chi connectivity index (χ1) is 10.5. The topological polar surface area (TPSA) is 117 Å². The summed E-state index contributed by atoms with van der Waals surface area (Å²) >= 11 is 0. The molecule has 8 nitrogen and oxygen atoms in total. The summed E-state index contributed by atoms with van der Waals surface area (Å²) < 4.78 is 6.60. The SMILES string of the molecule is COCCn1cc(C(=O)N[C@@H]2C[C@H](CO)[C@@H](O)[C@H]2O)c(C)n1. The Balaban J connectivity index is 2.02. The van der Waals surface area contributed by atoms with Crippen molar-refractivity contribution in [3.8, 4) is 0 Å². The van der Waals surface area contributed by atoms with Crippen LogP contribution in [0.25, 0.3) is 0 Å². The highest BCUT2D eigenvalue weighted by Crippen LogP contribution is 2.26. The lowest BCUT2D eigenvalue weighted by atomic mass is 10.1. The number of aryl methyl sites for hydroxylation is 1. The highest BCUT2D eigenvalue weighted by Gasteiger charge is 2.41. The van der Waals surface area contributed by atoms with E-state index in [4.69, 9.17) is 9.84 Å². The molecule has 1 saturated carbocycles. The number of hydrogen-bond acceptors (Lipinski definition) is 6. The van der Waals surface area contributed by atoms with E-state index in [0.29, 0.717) is 30.8 Å². The molecule has 1 fully saturated rings. The van der Waals surface area contributed by atoms with Crippen LogP contribution in [0.5, 0.6) is 0 Å². The quantitative estimate of drug-likeness (QED) is 0.517. The zero-order valence-corrected chi connectivity index (χ0v) is 12.8. The molecule has 1 heterocycles. The lowest BCUT2D eigenvalue weighted by Gasteiger charge is -2.17. The smallest absolute Gasteiger partial charge is 0.255 e. The van der Waals surface area contributed by atoms with Crippen molar-refractivity contribution in [3.05, 3.63) is 17.5 Å². The molecule has 1 aliphatic rings. The Hall–Kier alpha value is -1.48. The number of carbonyl (C=O) groups excluding carboxylic acids is 1. The van der Waals surface area contributed by atoms with Crippen LogP contribution >= 0.6 is 0 Å². The van der Waals surface area contributed by atoms with Crippen LogP contribution in [0.1, 0.15) is 22.5 Å². The summed E-state index contributed by atoms with van der Waals surface area (Å²) in [4.78, 5) is 12.3. The minimum atomic E-state index is -1.08. The molecule has 1 aromatic heterocycles. The summed E-state index contributed by atoms with van der Waals surface area (Å²) in [7, 11) is 1.59. The summed E-state index contributed by atoms with van der Waals surface area (Å²) in [5, 5.41) is 35.8. The highest BCUT2D eigenvalue weighted by atomic mass is 16.5. The number of amides is 1. The van der Waals surface area contributed by atoms with Crippen molar-refractivity contribution in [2.24, 2.45) is 5.92 Å². The van der Waals surface area contributed by atoms with Gasteiger partial charge in [0.1, 0.15) is 6.10 Å². The molecule has 124 valence electrons. The molecule has 1 amide bonds. The molecule has 0 bridgehead atoms. The number of aliphatic hydroxyl groups is 3. The predicted octanol–water partition coefficient (Wildman–Crippen LogP) is -1.33. The van der Waals surface area contributed by atoms with Crippen LogP contribution in [-0.2, 0) is 11.3 Å². The van der Waals surface area contributed by atoms with Crippen LogP contribution in [0, 0.1) is 12.8 Å². The number of nitrogens with one attached hydrogen (secondary N) is 1. The molecule has 0 aliphatic heterocycles. The zero-order chi connectivity index (χ0) is 16.3. The fourth-order valence-electron chi connectivity index (χ4n) is 2.73. The van der Waals surface area contributed by atoms with E-state index in [0.717, 1.165) is 0 Å². The first-order valence-corrected chi connectivity index (χ1v) is 7.28. The first kappa shape index (κ1) is 16.9. The van der Waals surface area contributed by atoms with Crippen LogP contribution in [0.4, 0.5) is 0 Å². The van der Waals surface area contributed by atoms with Crippen molar-refractivity contribution >= 4 is 5.91 Å². The minimum Gasteiger partial charge on any atom is -0.396 e. The number of aliphatic hydroxyl groups excluding tert-OH is 3. The Morgan fingerprint density at radius 1 is 1.50 bits per heavy atom. The Morgan fingerprint density at radius 3 is 2.82 bits per heavy atom. The molecule has 0 saturated heterocycles. The highest BCUT2D eigenvalue weighted by molar-refractivity contribution is 5.95. The van der Waals surface area contributed by atoms with Crippen molar-refractivity contribution in [3.63, 3.8) is 0 Å². The van der Waals surface area contributed by atoms with Crippen molar-refractivity contribution < 1.29 is 24.9 Å². The Bertz CT molecular complexity index is 519. The average Bonchev–Trinajstić information content (AvgIpc) is 3.00. The van der Waals surface area contributed by atoms with Crippen LogP contribution in [0.2, 0.25) is 0 Å². The van der Waals surface area contributed by atoms with Gasteiger partial charge in [0, 0.05) is 25.8 Å². The molecule has 1 aliphatic carbocycles. The summed E-state index contributed by atoms with van der Waals surface area (Å²) in [5.74, 6) is -0.776. The number of aromatic nitrogens is 2. The van der Waals surface area contributed by atoms with Crippen molar-refractivity contribution in [2.45, 2.75) is 38.1 Å². The Morgan fingerprint density at radius 2 is 2.23 bits per heavy atom. The fraction of sp³-hybridized carbons (Fsp3) is 0.714. The molecule has 0 spiro atoms. The third-order valence-electron chi connectivity index (χ3n) is 4.07. The monoisotopic (exact) mass is 313 g/mol. The van der Waals surface area contributed by atoms with Gasteiger partial charge in [0.25, 0.3) is 5.91 Å². The zero-order valence-electron chi connectivity index (χ0n) is 12.8. The summed E-state index contributed by atoms with van der Waals surface area (Å²) in [6.45, 7) is 2.54. The van der Waals surface area contributed by atoms with Crippen LogP contribution in [0.3, 0.4) is 0 Å². The molecule has 0 unspecified atom stereocenters. The normalized spacial score (nSPS) is 28.0. The third kappa shape index (κ3) is 3.46. The van der Waals surface area contributed by atoms with E-state index in [1.165, 1.54) is 0 Å². The third-order valence-corrected chi connectivity index (χ3v) is 4.07. The van der Waals surface area contributed by atoms with Crippen molar-refractivity contribution in [1.29, 1.82) is 0 Å². The lowest BCUT2D eigenvalue weighted by Crippen LogP contribution is -2.43. The summed E-state index contributed by atoms with van der Waals surface area (Å²) in [5.41, 5.74) is 1.01. The largest absolute Gasteiger partial charge is 0.396 e. The number of carbonyl (C=O) groups is 1. The maximum Gasteiger partial charge on any atom is 0.255 e. The van der Waals surface area contributed by atoms with Gasteiger partial charge in [0.05, 0.1) is 36.6 Å². The molecule has 22 heavy (non-hydrogen) atoms. The Labute approximate surface area is 128 Å². The van der Waals surface area contributed by atoms with Gasteiger partial charge in [-0.05, 0) is 13.3 Å². The van der Waals surface area contributed by atoms with E-state index in [-0.39, 0.29) is 12.5 Å². The van der Waals surface area contributed by atoms with Gasteiger partial charge in [-0.3, -0.25) is 9.48 Å². The van der Waals surface area contributed by atoms with E-state index in [9.17, 15) is 15.0 Å².